The van der Waals surface area contributed by atoms with Gasteiger partial charge in [-0.1, -0.05) is 18.2 Å². The summed E-state index contributed by atoms with van der Waals surface area (Å²) in [5, 5.41) is 2.81. The fraction of sp³-hybridized carbons (Fsp3) is 0.235. The standard InChI is InChI=1S/C17H20N2O3/c1-19(14-6-4-3-5-7-14)17(20)18-12-13-22-16-10-8-15(21-2)9-11-16/h3-11H,12-13H2,1-2H3,(H,18,20). The van der Waals surface area contributed by atoms with Crippen LogP contribution in [0.2, 0.25) is 0 Å². The number of benzene rings is 2. The first kappa shape index (κ1) is 15.7. The molecular formula is C17H20N2O3. The van der Waals surface area contributed by atoms with E-state index in [1.54, 1.807) is 19.1 Å². The first-order chi connectivity index (χ1) is 10.7. The topological polar surface area (TPSA) is 50.8 Å². The van der Waals surface area contributed by atoms with Gasteiger partial charge in [0.15, 0.2) is 0 Å². The van der Waals surface area contributed by atoms with Crippen molar-refractivity contribution >= 4 is 11.7 Å². The van der Waals surface area contributed by atoms with Crippen LogP contribution >= 0.6 is 0 Å². The summed E-state index contributed by atoms with van der Waals surface area (Å²) in [5.41, 5.74) is 0.844. The second-order valence-electron chi connectivity index (χ2n) is 4.65. The summed E-state index contributed by atoms with van der Waals surface area (Å²) in [6, 6.07) is 16.6. The Kier molecular flexibility index (Phi) is 5.65. The summed E-state index contributed by atoms with van der Waals surface area (Å²) < 4.78 is 10.6. The highest BCUT2D eigenvalue weighted by Crippen LogP contribution is 2.16. The molecule has 0 spiro atoms. The lowest BCUT2D eigenvalue weighted by molar-refractivity contribution is 0.243. The Morgan fingerprint density at radius 2 is 1.68 bits per heavy atom. The number of methoxy groups -OCH3 is 1. The zero-order valence-corrected chi connectivity index (χ0v) is 12.8. The Hall–Kier alpha value is -2.69. The minimum Gasteiger partial charge on any atom is -0.497 e. The molecule has 0 atom stereocenters. The largest absolute Gasteiger partial charge is 0.497 e. The van der Waals surface area contributed by atoms with E-state index in [1.165, 1.54) is 0 Å². The van der Waals surface area contributed by atoms with Crippen LogP contribution < -0.4 is 19.7 Å². The fourth-order valence-electron chi connectivity index (χ4n) is 1.89. The molecule has 2 amide bonds. The molecule has 0 bridgehead atoms. The zero-order valence-electron chi connectivity index (χ0n) is 12.8. The van der Waals surface area contributed by atoms with Gasteiger partial charge in [0.2, 0.25) is 0 Å². The molecule has 2 aromatic rings. The van der Waals surface area contributed by atoms with E-state index in [-0.39, 0.29) is 6.03 Å². The van der Waals surface area contributed by atoms with E-state index < -0.39 is 0 Å². The van der Waals surface area contributed by atoms with Gasteiger partial charge in [-0.3, -0.25) is 4.90 Å². The SMILES string of the molecule is COc1ccc(OCCNC(=O)N(C)c2ccccc2)cc1. The predicted octanol–water partition coefficient (Wildman–Crippen LogP) is 2.92. The Morgan fingerprint density at radius 3 is 2.32 bits per heavy atom. The van der Waals surface area contributed by atoms with Crippen LogP contribution in [0.25, 0.3) is 0 Å². The summed E-state index contributed by atoms with van der Waals surface area (Å²) in [5.74, 6) is 1.52. The van der Waals surface area contributed by atoms with E-state index in [2.05, 4.69) is 5.32 Å². The molecule has 0 fully saturated rings. The van der Waals surface area contributed by atoms with E-state index in [9.17, 15) is 4.79 Å². The molecule has 0 saturated carbocycles. The van der Waals surface area contributed by atoms with Gasteiger partial charge in [-0.2, -0.15) is 0 Å². The predicted molar refractivity (Wildman–Crippen MR) is 86.7 cm³/mol. The van der Waals surface area contributed by atoms with Crippen molar-refractivity contribution in [3.8, 4) is 11.5 Å². The van der Waals surface area contributed by atoms with Crippen LogP contribution in [0.3, 0.4) is 0 Å². The van der Waals surface area contributed by atoms with Crippen LogP contribution in [-0.4, -0.2) is 33.3 Å². The number of para-hydroxylation sites is 1. The molecule has 116 valence electrons. The molecule has 0 unspecified atom stereocenters. The van der Waals surface area contributed by atoms with Crippen LogP contribution in [0.1, 0.15) is 0 Å². The lowest BCUT2D eigenvalue weighted by Crippen LogP contribution is -2.39. The fourth-order valence-corrected chi connectivity index (χ4v) is 1.89. The molecule has 0 saturated heterocycles. The van der Waals surface area contributed by atoms with Crippen LogP contribution in [0.5, 0.6) is 11.5 Å². The normalized spacial score (nSPS) is 9.91. The third kappa shape index (κ3) is 4.41. The highest BCUT2D eigenvalue weighted by Gasteiger charge is 2.09. The molecule has 0 aliphatic rings. The maximum Gasteiger partial charge on any atom is 0.321 e. The molecule has 22 heavy (non-hydrogen) atoms. The van der Waals surface area contributed by atoms with Crippen molar-refractivity contribution in [3.05, 3.63) is 54.6 Å². The van der Waals surface area contributed by atoms with Gasteiger partial charge in [-0.15, -0.1) is 0 Å². The summed E-state index contributed by atoms with van der Waals surface area (Å²) in [6.45, 7) is 0.836. The molecule has 2 rings (SSSR count). The van der Waals surface area contributed by atoms with Gasteiger partial charge in [0.25, 0.3) is 0 Å². The summed E-state index contributed by atoms with van der Waals surface area (Å²) in [6.07, 6.45) is 0. The number of ether oxygens (including phenoxy) is 2. The Balaban J connectivity index is 1.72. The first-order valence-electron chi connectivity index (χ1n) is 7.04. The number of carbonyl (C=O) groups is 1. The van der Waals surface area contributed by atoms with Gasteiger partial charge in [0.1, 0.15) is 18.1 Å². The van der Waals surface area contributed by atoms with Gasteiger partial charge in [-0.25, -0.2) is 4.79 Å². The number of hydrogen-bond acceptors (Lipinski definition) is 3. The summed E-state index contributed by atoms with van der Waals surface area (Å²) in [4.78, 5) is 13.5. The van der Waals surface area contributed by atoms with Gasteiger partial charge < -0.3 is 14.8 Å². The van der Waals surface area contributed by atoms with Crippen molar-refractivity contribution in [2.45, 2.75) is 0 Å². The second-order valence-corrected chi connectivity index (χ2v) is 4.65. The monoisotopic (exact) mass is 300 g/mol. The lowest BCUT2D eigenvalue weighted by atomic mass is 10.3. The van der Waals surface area contributed by atoms with Crippen molar-refractivity contribution < 1.29 is 14.3 Å². The third-order valence-electron chi connectivity index (χ3n) is 3.15. The maximum absolute atomic E-state index is 12.0. The highest BCUT2D eigenvalue weighted by atomic mass is 16.5. The van der Waals surface area contributed by atoms with Crippen LogP contribution in [0.4, 0.5) is 10.5 Å². The highest BCUT2D eigenvalue weighted by molar-refractivity contribution is 5.91. The van der Waals surface area contributed by atoms with Crippen molar-refractivity contribution in [2.24, 2.45) is 0 Å². The minimum absolute atomic E-state index is 0.162. The van der Waals surface area contributed by atoms with Crippen LogP contribution in [0, 0.1) is 0 Å². The Labute approximate surface area is 130 Å². The summed E-state index contributed by atoms with van der Waals surface area (Å²) >= 11 is 0. The van der Waals surface area contributed by atoms with Crippen molar-refractivity contribution in [3.63, 3.8) is 0 Å². The zero-order chi connectivity index (χ0) is 15.8. The van der Waals surface area contributed by atoms with Crippen LogP contribution in [-0.2, 0) is 0 Å². The van der Waals surface area contributed by atoms with Gasteiger partial charge in [0.05, 0.1) is 13.7 Å². The second kappa shape index (κ2) is 7.93. The smallest absolute Gasteiger partial charge is 0.321 e. The van der Waals surface area contributed by atoms with E-state index in [4.69, 9.17) is 9.47 Å². The summed E-state index contributed by atoms with van der Waals surface area (Å²) in [7, 11) is 3.35. The molecule has 0 aliphatic heterocycles. The molecule has 2 aromatic carbocycles. The molecule has 5 heteroatoms. The van der Waals surface area contributed by atoms with Gasteiger partial charge in [0, 0.05) is 12.7 Å². The Morgan fingerprint density at radius 1 is 1.05 bits per heavy atom. The number of hydrogen-bond donors (Lipinski definition) is 1. The number of amides is 2. The lowest BCUT2D eigenvalue weighted by Gasteiger charge is -2.18. The van der Waals surface area contributed by atoms with E-state index in [1.807, 2.05) is 54.6 Å². The van der Waals surface area contributed by atoms with Crippen LogP contribution in [0.15, 0.2) is 54.6 Å². The number of rotatable bonds is 6. The first-order valence-corrected chi connectivity index (χ1v) is 7.04. The molecule has 0 radical (unpaired) electrons. The van der Waals surface area contributed by atoms with Crippen molar-refractivity contribution in [1.29, 1.82) is 0 Å². The molecule has 1 N–H and O–H groups in total. The van der Waals surface area contributed by atoms with E-state index in [0.29, 0.717) is 13.2 Å². The average Bonchev–Trinajstić information content (AvgIpc) is 2.59. The minimum atomic E-state index is -0.162. The number of anilines is 1. The van der Waals surface area contributed by atoms with Gasteiger partial charge in [-0.05, 0) is 36.4 Å². The molecule has 5 nitrogen and oxygen atoms in total. The Bertz CT molecular complexity index is 585. The van der Waals surface area contributed by atoms with E-state index in [0.717, 1.165) is 17.2 Å². The number of nitrogens with one attached hydrogen (secondary N) is 1. The van der Waals surface area contributed by atoms with E-state index >= 15 is 0 Å². The van der Waals surface area contributed by atoms with Gasteiger partial charge >= 0.3 is 6.03 Å². The average molecular weight is 300 g/mol. The van der Waals surface area contributed by atoms with Crippen molar-refractivity contribution in [1.82, 2.24) is 5.32 Å². The van der Waals surface area contributed by atoms with Crippen molar-refractivity contribution in [2.75, 3.05) is 32.2 Å². The quantitative estimate of drug-likeness (QED) is 0.835. The number of carbonyl (C=O) groups excluding carboxylic acids is 1. The molecule has 0 aliphatic carbocycles. The number of nitrogens with zero attached hydrogens (tertiary/aromatic N) is 1. The molecular weight excluding hydrogens is 280 g/mol. The molecule has 0 aromatic heterocycles. The number of urea groups is 1. The third-order valence-corrected chi connectivity index (χ3v) is 3.15. The molecule has 0 heterocycles. The maximum atomic E-state index is 12.0.